The van der Waals surface area contributed by atoms with Gasteiger partial charge in [-0.1, -0.05) is 13.8 Å². The monoisotopic (exact) mass is 344 g/mol. The number of rotatable bonds is 6. The Morgan fingerprint density at radius 3 is 1.33 bits per heavy atom. The van der Waals surface area contributed by atoms with E-state index in [4.69, 9.17) is 18.8 Å². The van der Waals surface area contributed by atoms with Gasteiger partial charge in [0.15, 0.2) is 0 Å². The second kappa shape index (κ2) is 6.43. The molecule has 0 radical (unpaired) electrons. The molecule has 0 unspecified atom stereocenters. The Kier molecular flexibility index (Phi) is 6.52. The van der Waals surface area contributed by atoms with E-state index in [1.165, 1.54) is 0 Å². The predicted octanol–water partition coefficient (Wildman–Crippen LogP) is 4.01. The van der Waals surface area contributed by atoms with Crippen LogP contribution in [0.1, 0.15) is 55.4 Å². The molecule has 2 N–H and O–H groups in total. The Morgan fingerprint density at radius 1 is 0.762 bits per heavy atom. The van der Waals surface area contributed by atoms with Gasteiger partial charge in [-0.2, -0.15) is 0 Å². The van der Waals surface area contributed by atoms with Gasteiger partial charge >= 0.3 is 15.2 Å². The van der Waals surface area contributed by atoms with Crippen LogP contribution in [0.15, 0.2) is 0 Å². The molecule has 128 valence electrons. The molecule has 0 atom stereocenters. The molecule has 0 saturated carbocycles. The standard InChI is InChI=1S/C13H30O6P2/c1-11(2,3)18-21(17,19-12(4,5)6)10-13(7,8)9-20(14,15)16/h9-10H2,1-8H3,(H2,14,15,16). The fraction of sp³-hybridized carbons (Fsp3) is 1.00. The Balaban J connectivity index is 5.34. The third kappa shape index (κ3) is 11.5. The van der Waals surface area contributed by atoms with Gasteiger partial charge in [0.1, 0.15) is 0 Å². The first kappa shape index (κ1) is 21.3. The fourth-order valence-corrected chi connectivity index (χ4v) is 6.45. The van der Waals surface area contributed by atoms with Crippen LogP contribution in [0.3, 0.4) is 0 Å². The highest BCUT2D eigenvalue weighted by Crippen LogP contribution is 2.59. The van der Waals surface area contributed by atoms with Crippen LogP contribution in [0, 0.1) is 5.41 Å². The minimum absolute atomic E-state index is 0.0559. The summed E-state index contributed by atoms with van der Waals surface area (Å²) in [5.74, 6) is 0. The zero-order chi connectivity index (χ0) is 17.3. The van der Waals surface area contributed by atoms with Crippen molar-refractivity contribution in [3.63, 3.8) is 0 Å². The minimum atomic E-state index is -4.21. The van der Waals surface area contributed by atoms with Gasteiger partial charge in [0.25, 0.3) is 0 Å². The smallest absolute Gasteiger partial charge is 0.324 e. The summed E-state index contributed by atoms with van der Waals surface area (Å²) in [6.45, 7) is 13.9. The van der Waals surface area contributed by atoms with Gasteiger partial charge < -0.3 is 18.8 Å². The van der Waals surface area contributed by atoms with Crippen molar-refractivity contribution in [1.82, 2.24) is 0 Å². The highest BCUT2D eigenvalue weighted by molar-refractivity contribution is 7.54. The predicted molar refractivity (Wildman–Crippen MR) is 84.8 cm³/mol. The quantitative estimate of drug-likeness (QED) is 0.707. The van der Waals surface area contributed by atoms with E-state index in [-0.39, 0.29) is 12.3 Å². The highest BCUT2D eigenvalue weighted by Gasteiger charge is 2.42. The number of hydrogen-bond acceptors (Lipinski definition) is 4. The van der Waals surface area contributed by atoms with E-state index in [0.29, 0.717) is 0 Å². The first-order valence-electron chi connectivity index (χ1n) is 6.88. The molecule has 0 rings (SSSR count). The first-order valence-corrected chi connectivity index (χ1v) is 10.4. The molecular formula is C13H30O6P2. The minimum Gasteiger partial charge on any atom is -0.324 e. The molecular weight excluding hydrogens is 314 g/mol. The SMILES string of the molecule is CC(C)(CP(=O)(O)O)CP(=O)(OC(C)(C)C)OC(C)(C)C. The third-order valence-electron chi connectivity index (χ3n) is 2.08. The van der Waals surface area contributed by atoms with Crippen molar-refractivity contribution in [3.8, 4) is 0 Å². The van der Waals surface area contributed by atoms with Crippen molar-refractivity contribution in [2.45, 2.75) is 66.6 Å². The Hall–Kier alpha value is 0.300. The zero-order valence-electron chi connectivity index (χ0n) is 14.3. The molecule has 0 aliphatic heterocycles. The van der Waals surface area contributed by atoms with E-state index < -0.39 is 31.8 Å². The maximum atomic E-state index is 13.0. The summed E-state index contributed by atoms with van der Waals surface area (Å²) in [6, 6.07) is 0. The lowest BCUT2D eigenvalue weighted by atomic mass is 10.0. The molecule has 0 spiro atoms. The van der Waals surface area contributed by atoms with Gasteiger partial charge in [-0.05, 0) is 47.0 Å². The van der Waals surface area contributed by atoms with E-state index >= 15 is 0 Å². The van der Waals surface area contributed by atoms with Crippen LogP contribution in [-0.4, -0.2) is 33.3 Å². The maximum Gasteiger partial charge on any atom is 0.332 e. The average Bonchev–Trinajstić information content (AvgIpc) is 1.83. The second-order valence-corrected chi connectivity index (χ2v) is 11.7. The maximum absolute atomic E-state index is 13.0. The normalized spacial score (nSPS) is 15.3. The lowest BCUT2D eigenvalue weighted by molar-refractivity contribution is 0.0464. The molecule has 21 heavy (non-hydrogen) atoms. The summed E-state index contributed by atoms with van der Waals surface area (Å²) in [5.41, 5.74) is -2.23. The second-order valence-electron chi connectivity index (χ2n) is 8.16. The fourth-order valence-electron chi connectivity index (χ4n) is 2.05. The molecule has 0 aliphatic rings. The van der Waals surface area contributed by atoms with Crippen molar-refractivity contribution < 1.29 is 28.0 Å². The molecule has 0 aliphatic carbocycles. The molecule has 0 aromatic rings. The van der Waals surface area contributed by atoms with E-state index in [1.54, 1.807) is 55.4 Å². The van der Waals surface area contributed by atoms with Crippen LogP contribution in [0.4, 0.5) is 0 Å². The first-order chi connectivity index (χ1) is 8.83. The van der Waals surface area contributed by atoms with Gasteiger partial charge in [-0.25, -0.2) is 0 Å². The van der Waals surface area contributed by atoms with E-state index in [1.807, 2.05) is 0 Å². The van der Waals surface area contributed by atoms with Crippen LogP contribution in [0.25, 0.3) is 0 Å². The van der Waals surface area contributed by atoms with Crippen LogP contribution in [-0.2, 0) is 18.2 Å². The molecule has 0 amide bonds. The molecule has 0 heterocycles. The lowest BCUT2D eigenvalue weighted by Crippen LogP contribution is -2.30. The Bertz CT molecular complexity index is 419. The van der Waals surface area contributed by atoms with Gasteiger partial charge in [0.2, 0.25) is 0 Å². The number of hydrogen-bond donors (Lipinski definition) is 2. The molecule has 0 saturated heterocycles. The van der Waals surface area contributed by atoms with Crippen LogP contribution in [0.2, 0.25) is 0 Å². The van der Waals surface area contributed by atoms with Crippen molar-refractivity contribution >= 4 is 15.2 Å². The van der Waals surface area contributed by atoms with Crippen LogP contribution in [0.5, 0.6) is 0 Å². The third-order valence-corrected chi connectivity index (χ3v) is 6.24. The van der Waals surface area contributed by atoms with Crippen LogP contribution >= 0.6 is 15.2 Å². The molecule has 0 fully saturated rings. The van der Waals surface area contributed by atoms with Gasteiger partial charge in [0.05, 0.1) is 23.5 Å². The van der Waals surface area contributed by atoms with Crippen LogP contribution < -0.4 is 0 Å². The van der Waals surface area contributed by atoms with E-state index in [2.05, 4.69) is 0 Å². The molecule has 0 aromatic heterocycles. The molecule has 0 aromatic carbocycles. The summed E-state index contributed by atoms with van der Waals surface area (Å²) in [5, 5.41) is 0. The van der Waals surface area contributed by atoms with Crippen molar-refractivity contribution in [2.75, 3.05) is 12.3 Å². The molecule has 6 nitrogen and oxygen atoms in total. The lowest BCUT2D eigenvalue weighted by Gasteiger charge is -2.36. The summed E-state index contributed by atoms with van der Waals surface area (Å²) in [7, 11) is -7.72. The van der Waals surface area contributed by atoms with Gasteiger partial charge in [-0.3, -0.25) is 9.13 Å². The largest absolute Gasteiger partial charge is 0.332 e. The Labute approximate surface area is 128 Å². The van der Waals surface area contributed by atoms with E-state index in [0.717, 1.165) is 0 Å². The van der Waals surface area contributed by atoms with E-state index in [9.17, 15) is 9.13 Å². The summed E-state index contributed by atoms with van der Waals surface area (Å²) in [4.78, 5) is 18.3. The van der Waals surface area contributed by atoms with Gasteiger partial charge in [-0.15, -0.1) is 0 Å². The summed E-state index contributed by atoms with van der Waals surface area (Å²) >= 11 is 0. The molecule has 0 bridgehead atoms. The van der Waals surface area contributed by atoms with Crippen molar-refractivity contribution in [3.05, 3.63) is 0 Å². The average molecular weight is 344 g/mol. The summed E-state index contributed by atoms with van der Waals surface area (Å²) in [6.07, 6.45) is -0.426. The summed E-state index contributed by atoms with van der Waals surface area (Å²) < 4.78 is 35.5. The van der Waals surface area contributed by atoms with Crippen molar-refractivity contribution in [1.29, 1.82) is 0 Å². The van der Waals surface area contributed by atoms with Gasteiger partial charge in [0, 0.05) is 0 Å². The zero-order valence-corrected chi connectivity index (χ0v) is 16.1. The van der Waals surface area contributed by atoms with Crippen molar-refractivity contribution in [2.24, 2.45) is 5.41 Å². The Morgan fingerprint density at radius 2 is 1.10 bits per heavy atom. The highest BCUT2D eigenvalue weighted by atomic mass is 31.2. The topological polar surface area (TPSA) is 93.1 Å². The molecule has 8 heteroatoms.